The van der Waals surface area contributed by atoms with Gasteiger partial charge in [-0.05, 0) is 37.6 Å². The van der Waals surface area contributed by atoms with Gasteiger partial charge < -0.3 is 10.6 Å². The van der Waals surface area contributed by atoms with Crippen LogP contribution in [0.15, 0.2) is 30.3 Å². The number of anilines is 1. The standard InChI is InChI=1S/C15H18ClFN2S/c1-10(18)8-12-13(17)4-3-5-14(12)19(2)9-11-6-7-15(16)20-11/h3-7,10H,8-9,18H2,1-2H3. The summed E-state index contributed by atoms with van der Waals surface area (Å²) in [4.78, 5) is 3.18. The molecule has 0 aliphatic rings. The Morgan fingerprint density at radius 1 is 1.35 bits per heavy atom. The van der Waals surface area contributed by atoms with E-state index in [1.165, 1.54) is 6.07 Å². The zero-order valence-electron chi connectivity index (χ0n) is 11.6. The summed E-state index contributed by atoms with van der Waals surface area (Å²) in [6.07, 6.45) is 0.525. The van der Waals surface area contributed by atoms with E-state index in [0.717, 1.165) is 14.9 Å². The van der Waals surface area contributed by atoms with Crippen LogP contribution in [-0.2, 0) is 13.0 Å². The average Bonchev–Trinajstić information content (AvgIpc) is 2.76. The molecule has 0 saturated carbocycles. The summed E-state index contributed by atoms with van der Waals surface area (Å²) in [5, 5.41) is 0. The smallest absolute Gasteiger partial charge is 0.128 e. The van der Waals surface area contributed by atoms with E-state index < -0.39 is 0 Å². The van der Waals surface area contributed by atoms with Gasteiger partial charge in [-0.2, -0.15) is 0 Å². The van der Waals surface area contributed by atoms with E-state index in [1.54, 1.807) is 17.4 Å². The third kappa shape index (κ3) is 3.72. The number of rotatable bonds is 5. The highest BCUT2D eigenvalue weighted by Crippen LogP contribution is 2.28. The largest absolute Gasteiger partial charge is 0.369 e. The number of nitrogens with zero attached hydrogens (tertiary/aromatic N) is 1. The highest BCUT2D eigenvalue weighted by atomic mass is 35.5. The van der Waals surface area contributed by atoms with Crippen LogP contribution in [-0.4, -0.2) is 13.1 Å². The molecular weight excluding hydrogens is 295 g/mol. The fourth-order valence-electron chi connectivity index (χ4n) is 2.18. The van der Waals surface area contributed by atoms with Crippen molar-refractivity contribution in [3.05, 3.63) is 50.9 Å². The number of hydrogen-bond acceptors (Lipinski definition) is 3. The van der Waals surface area contributed by atoms with E-state index in [4.69, 9.17) is 17.3 Å². The maximum absolute atomic E-state index is 14.0. The molecule has 2 nitrogen and oxygen atoms in total. The SMILES string of the molecule is CC(N)Cc1c(F)cccc1N(C)Cc1ccc(Cl)s1. The Balaban J connectivity index is 2.24. The van der Waals surface area contributed by atoms with Crippen LogP contribution < -0.4 is 10.6 Å². The van der Waals surface area contributed by atoms with Crippen molar-refractivity contribution in [2.75, 3.05) is 11.9 Å². The first kappa shape index (κ1) is 15.3. The number of benzene rings is 1. The molecule has 1 unspecified atom stereocenters. The van der Waals surface area contributed by atoms with Crippen molar-refractivity contribution in [2.24, 2.45) is 5.73 Å². The highest BCUT2D eigenvalue weighted by Gasteiger charge is 2.14. The lowest BCUT2D eigenvalue weighted by atomic mass is 10.0. The molecule has 2 rings (SSSR count). The van der Waals surface area contributed by atoms with Gasteiger partial charge in [-0.1, -0.05) is 17.7 Å². The summed E-state index contributed by atoms with van der Waals surface area (Å²) in [7, 11) is 1.95. The molecule has 2 aromatic rings. The molecule has 0 fully saturated rings. The van der Waals surface area contributed by atoms with Gasteiger partial charge in [-0.25, -0.2) is 4.39 Å². The van der Waals surface area contributed by atoms with E-state index in [9.17, 15) is 4.39 Å². The lowest BCUT2D eigenvalue weighted by Crippen LogP contribution is -2.23. The molecule has 0 aliphatic heterocycles. The summed E-state index contributed by atoms with van der Waals surface area (Å²) in [5.41, 5.74) is 7.37. The first-order valence-electron chi connectivity index (χ1n) is 6.45. The number of halogens is 2. The molecule has 0 bridgehead atoms. The van der Waals surface area contributed by atoms with Crippen molar-refractivity contribution >= 4 is 28.6 Å². The van der Waals surface area contributed by atoms with E-state index in [-0.39, 0.29) is 11.9 Å². The highest BCUT2D eigenvalue weighted by molar-refractivity contribution is 7.16. The third-order valence-electron chi connectivity index (χ3n) is 3.05. The normalized spacial score (nSPS) is 12.4. The van der Waals surface area contributed by atoms with Crippen LogP contribution in [0.3, 0.4) is 0 Å². The second kappa shape index (κ2) is 6.57. The molecule has 1 aromatic carbocycles. The Labute approximate surface area is 128 Å². The Kier molecular flexibility index (Phi) is 5.02. The third-order valence-corrected chi connectivity index (χ3v) is 4.27. The van der Waals surface area contributed by atoms with Crippen LogP contribution in [0, 0.1) is 5.82 Å². The molecule has 20 heavy (non-hydrogen) atoms. The summed E-state index contributed by atoms with van der Waals surface area (Å²) in [6, 6.07) is 8.94. The Hall–Kier alpha value is -1.10. The van der Waals surface area contributed by atoms with Crippen molar-refractivity contribution in [2.45, 2.75) is 25.9 Å². The second-order valence-corrected chi connectivity index (χ2v) is 6.78. The fraction of sp³-hybridized carbons (Fsp3) is 0.333. The first-order chi connectivity index (χ1) is 9.47. The summed E-state index contributed by atoms with van der Waals surface area (Å²) in [6.45, 7) is 2.59. The lowest BCUT2D eigenvalue weighted by molar-refractivity contribution is 0.595. The predicted octanol–water partition coefficient (Wildman–Crippen LogP) is 4.07. The Morgan fingerprint density at radius 2 is 2.10 bits per heavy atom. The van der Waals surface area contributed by atoms with Crippen LogP contribution in [0.25, 0.3) is 0 Å². The Bertz CT molecular complexity index is 583. The van der Waals surface area contributed by atoms with Gasteiger partial charge in [0.05, 0.1) is 10.9 Å². The minimum absolute atomic E-state index is 0.0739. The summed E-state index contributed by atoms with van der Waals surface area (Å²) in [5.74, 6) is -0.198. The monoisotopic (exact) mass is 312 g/mol. The molecule has 1 aromatic heterocycles. The molecule has 108 valence electrons. The van der Waals surface area contributed by atoms with Gasteiger partial charge in [0.2, 0.25) is 0 Å². The van der Waals surface area contributed by atoms with Gasteiger partial charge >= 0.3 is 0 Å². The molecule has 5 heteroatoms. The maximum Gasteiger partial charge on any atom is 0.128 e. The van der Waals surface area contributed by atoms with Crippen molar-refractivity contribution in [1.29, 1.82) is 0 Å². The van der Waals surface area contributed by atoms with Crippen LogP contribution in [0.5, 0.6) is 0 Å². The Morgan fingerprint density at radius 3 is 2.70 bits per heavy atom. The molecule has 0 amide bonds. The van der Waals surface area contributed by atoms with Gasteiger partial charge in [-0.15, -0.1) is 11.3 Å². The van der Waals surface area contributed by atoms with E-state index in [1.807, 2.05) is 37.1 Å². The summed E-state index contributed by atoms with van der Waals surface area (Å²) >= 11 is 7.48. The molecule has 1 atom stereocenters. The van der Waals surface area contributed by atoms with Crippen molar-refractivity contribution in [3.8, 4) is 0 Å². The van der Waals surface area contributed by atoms with Crippen molar-refractivity contribution < 1.29 is 4.39 Å². The van der Waals surface area contributed by atoms with Gasteiger partial charge in [0.25, 0.3) is 0 Å². The predicted molar refractivity (Wildman–Crippen MR) is 85.2 cm³/mol. The van der Waals surface area contributed by atoms with Crippen LogP contribution in [0.1, 0.15) is 17.4 Å². The number of thiophene rings is 1. The van der Waals surface area contributed by atoms with Crippen molar-refractivity contribution in [3.63, 3.8) is 0 Å². The van der Waals surface area contributed by atoms with Crippen LogP contribution in [0.2, 0.25) is 4.34 Å². The second-order valence-electron chi connectivity index (χ2n) is 4.98. The zero-order valence-corrected chi connectivity index (χ0v) is 13.1. The van der Waals surface area contributed by atoms with E-state index >= 15 is 0 Å². The van der Waals surface area contributed by atoms with Gasteiger partial charge in [-0.3, -0.25) is 0 Å². The topological polar surface area (TPSA) is 29.3 Å². The maximum atomic E-state index is 14.0. The number of hydrogen-bond donors (Lipinski definition) is 1. The van der Waals surface area contributed by atoms with Gasteiger partial charge in [0.1, 0.15) is 5.82 Å². The quantitative estimate of drug-likeness (QED) is 0.902. The van der Waals surface area contributed by atoms with Gasteiger partial charge in [0, 0.05) is 29.2 Å². The fourth-order valence-corrected chi connectivity index (χ4v) is 3.33. The van der Waals surface area contributed by atoms with Crippen LogP contribution in [0.4, 0.5) is 10.1 Å². The molecular formula is C15H18ClFN2S. The minimum Gasteiger partial charge on any atom is -0.369 e. The zero-order chi connectivity index (χ0) is 14.7. The average molecular weight is 313 g/mol. The van der Waals surface area contributed by atoms with Crippen molar-refractivity contribution in [1.82, 2.24) is 0 Å². The molecule has 0 spiro atoms. The molecule has 2 N–H and O–H groups in total. The molecule has 1 heterocycles. The van der Waals surface area contributed by atoms with Crippen LogP contribution >= 0.6 is 22.9 Å². The molecule has 0 saturated heterocycles. The molecule has 0 aliphatic carbocycles. The first-order valence-corrected chi connectivity index (χ1v) is 7.65. The molecule has 0 radical (unpaired) electrons. The minimum atomic E-state index is -0.198. The van der Waals surface area contributed by atoms with Gasteiger partial charge in [0.15, 0.2) is 0 Å². The lowest BCUT2D eigenvalue weighted by Gasteiger charge is -2.23. The summed E-state index contributed by atoms with van der Waals surface area (Å²) < 4.78 is 14.8. The van der Waals surface area contributed by atoms with E-state index in [2.05, 4.69) is 0 Å². The number of nitrogens with two attached hydrogens (primary N) is 1. The van der Waals surface area contributed by atoms with E-state index in [0.29, 0.717) is 18.5 Å².